The molecule has 3 heterocycles. The minimum absolute atomic E-state index is 0. The Balaban J connectivity index is 0.00000274. The van der Waals surface area contributed by atoms with Crippen LogP contribution < -0.4 is 20.6 Å². The number of rotatable bonds is 5. The van der Waals surface area contributed by atoms with E-state index in [9.17, 15) is 9.59 Å². The predicted octanol–water partition coefficient (Wildman–Crippen LogP) is 3.33. The summed E-state index contributed by atoms with van der Waals surface area (Å²) in [4.78, 5) is 28.8. The summed E-state index contributed by atoms with van der Waals surface area (Å²) in [6.45, 7) is 2.61. The van der Waals surface area contributed by atoms with Gasteiger partial charge < -0.3 is 14.0 Å². The normalized spacial score (nSPS) is 13.7. The highest BCUT2D eigenvalue weighted by Gasteiger charge is 2.23. The summed E-state index contributed by atoms with van der Waals surface area (Å²) in [7, 11) is 3.23. The maximum atomic E-state index is 13.6. The number of nitrogens with one attached hydrogen (secondary N) is 1. The molecule has 0 atom stereocenters. The maximum absolute atomic E-state index is 13.6. The van der Waals surface area contributed by atoms with Crippen LogP contribution in [0.15, 0.2) is 64.2 Å². The van der Waals surface area contributed by atoms with Gasteiger partial charge in [-0.15, -0.1) is 12.4 Å². The highest BCUT2D eigenvalue weighted by Crippen LogP contribution is 2.24. The van der Waals surface area contributed by atoms with Crippen LogP contribution in [0, 0.1) is 0 Å². The van der Waals surface area contributed by atoms with Crippen molar-refractivity contribution in [2.24, 2.45) is 0 Å². The largest absolute Gasteiger partial charge is 0.497 e. The SMILES string of the molecule is COc1cccc(CN2CCCn3c(c4c(=O)n(-c5ccccc5OC)[nH]c4cc3=O)C2)c1.Cl. The molecular formula is C25H27ClN4O4. The van der Waals surface area contributed by atoms with Crippen LogP contribution in [0.5, 0.6) is 11.5 Å². The minimum Gasteiger partial charge on any atom is -0.497 e. The number of aromatic amines is 1. The number of para-hydroxylation sites is 2. The van der Waals surface area contributed by atoms with Gasteiger partial charge in [-0.05, 0) is 36.2 Å². The summed E-state index contributed by atoms with van der Waals surface area (Å²) in [5.74, 6) is 1.39. The van der Waals surface area contributed by atoms with Gasteiger partial charge in [0.1, 0.15) is 17.2 Å². The van der Waals surface area contributed by atoms with E-state index in [0.717, 1.165) is 30.0 Å². The van der Waals surface area contributed by atoms with Crippen LogP contribution in [0.2, 0.25) is 0 Å². The van der Waals surface area contributed by atoms with Gasteiger partial charge in [0.05, 0.1) is 30.8 Å². The van der Waals surface area contributed by atoms with E-state index in [1.165, 1.54) is 10.7 Å². The highest BCUT2D eigenvalue weighted by atomic mass is 35.5. The Kier molecular flexibility index (Phi) is 6.81. The third kappa shape index (κ3) is 4.22. The van der Waals surface area contributed by atoms with Gasteiger partial charge in [0.2, 0.25) is 0 Å². The first-order valence-corrected chi connectivity index (χ1v) is 10.9. The summed E-state index contributed by atoms with van der Waals surface area (Å²) in [6.07, 6.45) is 0.827. The summed E-state index contributed by atoms with van der Waals surface area (Å²) in [5.41, 5.74) is 2.71. The van der Waals surface area contributed by atoms with Crippen molar-refractivity contribution in [1.29, 1.82) is 0 Å². The van der Waals surface area contributed by atoms with E-state index in [1.54, 1.807) is 24.9 Å². The van der Waals surface area contributed by atoms with Crippen LogP contribution in [0.3, 0.4) is 0 Å². The lowest BCUT2D eigenvalue weighted by atomic mass is 10.1. The Hall–Kier alpha value is -3.49. The molecular weight excluding hydrogens is 456 g/mol. The molecule has 2 aromatic heterocycles. The molecule has 4 aromatic rings. The van der Waals surface area contributed by atoms with Gasteiger partial charge in [0.25, 0.3) is 11.1 Å². The van der Waals surface area contributed by atoms with Crippen LogP contribution in [-0.2, 0) is 19.6 Å². The number of H-pyrrole nitrogens is 1. The van der Waals surface area contributed by atoms with Crippen LogP contribution in [-0.4, -0.2) is 40.0 Å². The molecule has 34 heavy (non-hydrogen) atoms. The summed E-state index contributed by atoms with van der Waals surface area (Å²) < 4.78 is 14.0. The molecule has 8 nitrogen and oxygen atoms in total. The van der Waals surface area contributed by atoms with Gasteiger partial charge in [0, 0.05) is 32.2 Å². The summed E-state index contributed by atoms with van der Waals surface area (Å²) >= 11 is 0. The number of pyridine rings is 1. The number of aromatic nitrogens is 3. The van der Waals surface area contributed by atoms with Crippen LogP contribution in [0.4, 0.5) is 0 Å². The first kappa shape index (κ1) is 23.7. The fourth-order valence-corrected chi connectivity index (χ4v) is 4.61. The fourth-order valence-electron chi connectivity index (χ4n) is 4.61. The minimum atomic E-state index is -0.193. The number of fused-ring (bicyclic) bond motifs is 3. The molecule has 0 radical (unpaired) electrons. The summed E-state index contributed by atoms with van der Waals surface area (Å²) in [6, 6.07) is 16.8. The third-order valence-electron chi connectivity index (χ3n) is 6.16. The van der Waals surface area contributed by atoms with Crippen molar-refractivity contribution in [2.75, 3.05) is 20.8 Å². The second kappa shape index (κ2) is 9.79. The molecule has 0 bridgehead atoms. The van der Waals surface area contributed by atoms with E-state index in [4.69, 9.17) is 9.47 Å². The monoisotopic (exact) mass is 482 g/mol. The van der Waals surface area contributed by atoms with E-state index < -0.39 is 0 Å². The molecule has 1 N–H and O–H groups in total. The number of hydrogen-bond donors (Lipinski definition) is 1. The second-order valence-corrected chi connectivity index (χ2v) is 8.21. The highest BCUT2D eigenvalue weighted by molar-refractivity contribution is 5.85. The van der Waals surface area contributed by atoms with E-state index in [2.05, 4.69) is 16.1 Å². The number of methoxy groups -OCH3 is 2. The van der Waals surface area contributed by atoms with Gasteiger partial charge >= 0.3 is 0 Å². The number of ether oxygens (including phenoxy) is 2. The number of hydrogen-bond acceptors (Lipinski definition) is 5. The Morgan fingerprint density at radius 3 is 2.59 bits per heavy atom. The standard InChI is InChI=1S/C25H26N4O4.ClH/c1-32-18-8-5-7-17(13-18)15-27-11-6-12-28-21(16-27)24-19(14-23(28)30)26-29(25(24)31)20-9-3-4-10-22(20)33-2;/h3-5,7-10,13-14,26H,6,11-12,15-16H2,1-2H3;1H. The first-order chi connectivity index (χ1) is 16.1. The number of benzene rings is 2. The van der Waals surface area contributed by atoms with Crippen LogP contribution in [0.25, 0.3) is 16.6 Å². The first-order valence-electron chi connectivity index (χ1n) is 10.9. The molecule has 0 unspecified atom stereocenters. The van der Waals surface area contributed by atoms with E-state index in [1.807, 2.05) is 36.4 Å². The van der Waals surface area contributed by atoms with Crippen LogP contribution in [0.1, 0.15) is 17.7 Å². The quantitative estimate of drug-likeness (QED) is 0.472. The maximum Gasteiger partial charge on any atom is 0.281 e. The van der Waals surface area contributed by atoms with E-state index >= 15 is 0 Å². The van der Waals surface area contributed by atoms with Gasteiger partial charge in [-0.3, -0.25) is 19.6 Å². The molecule has 0 aliphatic carbocycles. The fraction of sp³-hybridized carbons (Fsp3) is 0.280. The molecule has 2 aromatic carbocycles. The predicted molar refractivity (Wildman–Crippen MR) is 134 cm³/mol. The molecule has 178 valence electrons. The second-order valence-electron chi connectivity index (χ2n) is 8.21. The Morgan fingerprint density at radius 1 is 0.971 bits per heavy atom. The average molecular weight is 483 g/mol. The van der Waals surface area contributed by atoms with Crippen molar-refractivity contribution in [3.05, 3.63) is 86.6 Å². The Labute approximate surface area is 202 Å². The number of halogens is 1. The van der Waals surface area contributed by atoms with Crippen molar-refractivity contribution in [3.8, 4) is 17.2 Å². The molecule has 0 saturated carbocycles. The molecule has 0 amide bonds. The topological polar surface area (TPSA) is 81.5 Å². The van der Waals surface area contributed by atoms with Gasteiger partial charge in [-0.2, -0.15) is 0 Å². The smallest absolute Gasteiger partial charge is 0.281 e. The molecule has 1 aliphatic rings. The van der Waals surface area contributed by atoms with Gasteiger partial charge in [-0.1, -0.05) is 24.3 Å². The van der Waals surface area contributed by atoms with Crippen molar-refractivity contribution in [2.45, 2.75) is 26.1 Å². The lowest BCUT2D eigenvalue weighted by molar-refractivity contribution is 0.261. The van der Waals surface area contributed by atoms with Crippen molar-refractivity contribution >= 4 is 23.3 Å². The van der Waals surface area contributed by atoms with Crippen LogP contribution >= 0.6 is 12.4 Å². The van der Waals surface area contributed by atoms with E-state index in [-0.39, 0.29) is 23.5 Å². The number of nitrogens with zero attached hydrogens (tertiary/aromatic N) is 3. The zero-order chi connectivity index (χ0) is 22.9. The molecule has 1 aliphatic heterocycles. The zero-order valence-corrected chi connectivity index (χ0v) is 19.9. The lowest BCUT2D eigenvalue weighted by Crippen LogP contribution is -2.27. The van der Waals surface area contributed by atoms with Crippen molar-refractivity contribution in [1.82, 2.24) is 19.2 Å². The van der Waals surface area contributed by atoms with Gasteiger partial charge in [-0.25, -0.2) is 4.68 Å². The molecule has 0 fully saturated rings. The molecule has 0 saturated heterocycles. The lowest BCUT2D eigenvalue weighted by Gasteiger charge is -2.20. The van der Waals surface area contributed by atoms with Crippen molar-refractivity contribution in [3.63, 3.8) is 0 Å². The van der Waals surface area contributed by atoms with Crippen molar-refractivity contribution < 1.29 is 9.47 Å². The third-order valence-corrected chi connectivity index (χ3v) is 6.16. The Morgan fingerprint density at radius 2 is 1.79 bits per heavy atom. The average Bonchev–Trinajstić information content (AvgIpc) is 3.01. The molecule has 9 heteroatoms. The van der Waals surface area contributed by atoms with E-state index in [0.29, 0.717) is 42.0 Å². The summed E-state index contributed by atoms with van der Waals surface area (Å²) in [5, 5.41) is 3.66. The Bertz CT molecular complexity index is 1440. The molecule has 5 rings (SSSR count). The zero-order valence-electron chi connectivity index (χ0n) is 19.1. The van der Waals surface area contributed by atoms with Gasteiger partial charge in [0.15, 0.2) is 0 Å². The molecule has 0 spiro atoms.